The van der Waals surface area contributed by atoms with Crippen LogP contribution in [0.5, 0.6) is 0 Å². The second-order valence-electron chi connectivity index (χ2n) is 4.89. The van der Waals surface area contributed by atoms with Gasteiger partial charge in [0.25, 0.3) is 10.0 Å². The highest BCUT2D eigenvalue weighted by Gasteiger charge is 2.20. The highest BCUT2D eigenvalue weighted by molar-refractivity contribution is 7.90. The largest absolute Gasteiger partial charge is 0.274 e. The first kappa shape index (κ1) is 16.1. The summed E-state index contributed by atoms with van der Waals surface area (Å²) in [5, 5.41) is 4.01. The summed E-state index contributed by atoms with van der Waals surface area (Å²) in [5.74, 6) is -1.43. The number of hydrogen-bond acceptors (Lipinski definition) is 5. The Morgan fingerprint density at radius 3 is 2.88 bits per heavy atom. The van der Waals surface area contributed by atoms with Gasteiger partial charge in [0.2, 0.25) is 5.91 Å². The summed E-state index contributed by atoms with van der Waals surface area (Å²) in [6.45, 7) is 1.52. The normalized spacial score (nSPS) is 11.6. The fourth-order valence-electron chi connectivity index (χ4n) is 2.12. The lowest BCUT2D eigenvalue weighted by Crippen LogP contribution is -2.29. The highest BCUT2D eigenvalue weighted by Crippen LogP contribution is 2.27. The van der Waals surface area contributed by atoms with Crippen LogP contribution in [0.4, 0.5) is 4.39 Å². The molecular weight excluding hydrogens is 335 g/mol. The molecule has 7 nitrogen and oxygen atoms in total. The van der Waals surface area contributed by atoms with E-state index < -0.39 is 21.7 Å². The first-order valence-corrected chi connectivity index (χ1v) is 8.46. The Kier molecular flexibility index (Phi) is 4.02. The van der Waals surface area contributed by atoms with Gasteiger partial charge in [0.1, 0.15) is 5.82 Å². The molecule has 0 saturated carbocycles. The van der Waals surface area contributed by atoms with Gasteiger partial charge in [0.05, 0.1) is 17.3 Å². The Bertz CT molecular complexity index is 1030. The van der Waals surface area contributed by atoms with Crippen molar-refractivity contribution in [2.24, 2.45) is 0 Å². The molecule has 3 rings (SSSR count). The van der Waals surface area contributed by atoms with Gasteiger partial charge < -0.3 is 0 Å². The number of aromatic nitrogens is 3. The van der Waals surface area contributed by atoms with E-state index in [9.17, 15) is 17.6 Å². The Morgan fingerprint density at radius 2 is 2.17 bits per heavy atom. The van der Waals surface area contributed by atoms with Gasteiger partial charge in [-0.15, -0.1) is 0 Å². The lowest BCUT2D eigenvalue weighted by atomic mass is 10.1. The number of fused-ring (bicyclic) bond motifs is 1. The molecule has 24 heavy (non-hydrogen) atoms. The molecular formula is C15H12FN4O3S. The predicted octanol–water partition coefficient (Wildman–Crippen LogP) is 1.55. The van der Waals surface area contributed by atoms with E-state index in [0.29, 0.717) is 11.2 Å². The zero-order chi connectivity index (χ0) is 17.3. The van der Waals surface area contributed by atoms with E-state index in [1.807, 2.05) is 4.72 Å². The lowest BCUT2D eigenvalue weighted by Gasteiger charge is -2.07. The molecule has 2 heterocycles. The van der Waals surface area contributed by atoms with Gasteiger partial charge in [-0.05, 0) is 24.3 Å². The molecule has 2 aromatic heterocycles. The first-order valence-electron chi connectivity index (χ1n) is 6.98. The third kappa shape index (κ3) is 2.85. The van der Waals surface area contributed by atoms with Crippen molar-refractivity contribution in [1.82, 2.24) is 19.3 Å². The zero-order valence-corrected chi connectivity index (χ0v) is 13.3. The van der Waals surface area contributed by atoms with Crippen LogP contribution in [0, 0.1) is 12.0 Å². The van der Waals surface area contributed by atoms with Crippen molar-refractivity contribution in [1.29, 1.82) is 0 Å². The van der Waals surface area contributed by atoms with Gasteiger partial charge in [-0.1, -0.05) is 6.92 Å². The molecule has 0 bridgehead atoms. The van der Waals surface area contributed by atoms with Gasteiger partial charge in [0.15, 0.2) is 5.65 Å². The van der Waals surface area contributed by atoms with Crippen molar-refractivity contribution >= 4 is 21.6 Å². The number of benzene rings is 1. The highest BCUT2D eigenvalue weighted by atomic mass is 32.2. The molecule has 1 radical (unpaired) electrons. The molecule has 0 aliphatic heterocycles. The molecule has 0 spiro atoms. The zero-order valence-electron chi connectivity index (χ0n) is 12.5. The molecule has 0 atom stereocenters. The van der Waals surface area contributed by atoms with Crippen molar-refractivity contribution in [2.75, 3.05) is 0 Å². The van der Waals surface area contributed by atoms with E-state index >= 15 is 0 Å². The summed E-state index contributed by atoms with van der Waals surface area (Å²) in [4.78, 5) is 15.1. The van der Waals surface area contributed by atoms with Gasteiger partial charge in [-0.25, -0.2) is 27.0 Å². The third-order valence-corrected chi connectivity index (χ3v) is 4.69. The average molecular weight is 347 g/mol. The van der Waals surface area contributed by atoms with Gasteiger partial charge in [0, 0.05) is 23.7 Å². The third-order valence-electron chi connectivity index (χ3n) is 3.32. The maximum absolute atomic E-state index is 14.4. The van der Waals surface area contributed by atoms with E-state index in [-0.39, 0.29) is 16.9 Å². The number of carbonyl (C=O) groups is 1. The van der Waals surface area contributed by atoms with Crippen molar-refractivity contribution in [3.8, 4) is 11.1 Å². The molecule has 0 aliphatic carbocycles. The van der Waals surface area contributed by atoms with Crippen LogP contribution in [0.3, 0.4) is 0 Å². The summed E-state index contributed by atoms with van der Waals surface area (Å²) in [5.41, 5.74) is 0.954. The Balaban J connectivity index is 2.03. The smallest absolute Gasteiger partial charge is 0.264 e. The fraction of sp³-hybridized carbons (Fsp3) is 0.133. The van der Waals surface area contributed by atoms with E-state index in [2.05, 4.69) is 16.3 Å². The van der Waals surface area contributed by atoms with Crippen molar-refractivity contribution in [2.45, 2.75) is 18.2 Å². The molecule has 0 saturated heterocycles. The van der Waals surface area contributed by atoms with Crippen LogP contribution in [0.1, 0.15) is 13.3 Å². The summed E-state index contributed by atoms with van der Waals surface area (Å²) in [7, 11) is -4.10. The fourth-order valence-corrected chi connectivity index (χ4v) is 3.19. The van der Waals surface area contributed by atoms with Crippen LogP contribution in [-0.2, 0) is 14.8 Å². The number of carbonyl (C=O) groups excluding carboxylic acids is 1. The second-order valence-corrected chi connectivity index (χ2v) is 6.57. The summed E-state index contributed by atoms with van der Waals surface area (Å²) < 4.78 is 41.7. The minimum Gasteiger partial charge on any atom is -0.274 e. The van der Waals surface area contributed by atoms with Crippen molar-refractivity contribution in [3.05, 3.63) is 48.7 Å². The maximum Gasteiger partial charge on any atom is 0.264 e. The van der Waals surface area contributed by atoms with Crippen LogP contribution < -0.4 is 4.72 Å². The van der Waals surface area contributed by atoms with Gasteiger partial charge in [-0.2, -0.15) is 5.10 Å². The first-order chi connectivity index (χ1) is 11.4. The predicted molar refractivity (Wildman–Crippen MR) is 82.8 cm³/mol. The summed E-state index contributed by atoms with van der Waals surface area (Å²) >= 11 is 0. The van der Waals surface area contributed by atoms with Crippen LogP contribution in [0.15, 0.2) is 41.6 Å². The van der Waals surface area contributed by atoms with Crippen LogP contribution in [-0.4, -0.2) is 28.9 Å². The summed E-state index contributed by atoms with van der Waals surface area (Å²) in [6.07, 6.45) is 5.72. The second kappa shape index (κ2) is 6.00. The molecule has 1 N–H and O–H groups in total. The number of amides is 1. The lowest BCUT2D eigenvalue weighted by molar-refractivity contribution is -0.119. The van der Waals surface area contributed by atoms with E-state index in [1.54, 1.807) is 6.07 Å². The monoisotopic (exact) mass is 347 g/mol. The maximum atomic E-state index is 14.4. The summed E-state index contributed by atoms with van der Waals surface area (Å²) in [6, 6.07) is 4.95. The minimum atomic E-state index is -4.10. The van der Waals surface area contributed by atoms with Crippen LogP contribution in [0.2, 0.25) is 0 Å². The number of nitrogens with one attached hydrogen (secondary N) is 1. The number of sulfonamides is 1. The number of nitrogens with zero attached hydrogens (tertiary/aromatic N) is 3. The number of rotatable bonds is 4. The van der Waals surface area contributed by atoms with Crippen molar-refractivity contribution < 1.29 is 17.6 Å². The molecule has 0 unspecified atom stereocenters. The molecule has 123 valence electrons. The number of halogens is 1. The van der Waals surface area contributed by atoms with E-state index in [1.165, 1.54) is 36.0 Å². The van der Waals surface area contributed by atoms with Crippen molar-refractivity contribution in [3.63, 3.8) is 0 Å². The van der Waals surface area contributed by atoms with Crippen LogP contribution >= 0.6 is 0 Å². The van der Waals surface area contributed by atoms with E-state index in [0.717, 1.165) is 6.07 Å². The standard InChI is InChI=1S/C15H12FN4O3S/c1-2-14(21)19-24(22,23)10-4-5-11(13(16)8-10)12-9-18-20-7-3-6-17-15(12)20/h3-6,8-9H,2H2,1H3,(H,19,21). The Hall–Kier alpha value is -2.81. The molecule has 1 aromatic carbocycles. The minimum absolute atomic E-state index is 0.00433. The Labute approximate surface area is 137 Å². The topological polar surface area (TPSA) is 93.4 Å². The SMILES string of the molecule is CCC(=O)NS(=O)(=O)c1ccc(-c2cnn3[c]ccnc23)c(F)c1. The molecule has 9 heteroatoms. The Morgan fingerprint density at radius 1 is 1.38 bits per heavy atom. The average Bonchev–Trinajstić information content (AvgIpc) is 2.98. The van der Waals surface area contributed by atoms with Crippen LogP contribution in [0.25, 0.3) is 16.8 Å². The van der Waals surface area contributed by atoms with Gasteiger partial charge in [-0.3, -0.25) is 4.79 Å². The van der Waals surface area contributed by atoms with Gasteiger partial charge >= 0.3 is 0 Å². The molecule has 3 aromatic rings. The molecule has 0 aliphatic rings. The quantitative estimate of drug-likeness (QED) is 0.773. The molecule has 1 amide bonds. The van der Waals surface area contributed by atoms with E-state index in [4.69, 9.17) is 0 Å². The molecule has 0 fully saturated rings. The number of hydrogen-bond donors (Lipinski definition) is 1.